The van der Waals surface area contributed by atoms with Gasteiger partial charge in [-0.15, -0.1) is 0 Å². The zero-order chi connectivity index (χ0) is 9.40. The fourth-order valence-electron chi connectivity index (χ4n) is 0.717. The van der Waals surface area contributed by atoms with Gasteiger partial charge >= 0.3 is 0 Å². The Kier molecular flexibility index (Phi) is 7.00. The SMILES string of the molecule is CCC(C)C(=O)COCCNC. The second-order valence-corrected chi connectivity index (χ2v) is 2.93. The van der Waals surface area contributed by atoms with Crippen LogP contribution in [-0.2, 0) is 9.53 Å². The van der Waals surface area contributed by atoms with E-state index in [0.717, 1.165) is 13.0 Å². The van der Waals surface area contributed by atoms with Crippen LogP contribution in [0.4, 0.5) is 0 Å². The van der Waals surface area contributed by atoms with Crippen LogP contribution in [-0.4, -0.2) is 32.6 Å². The molecule has 3 heteroatoms. The Morgan fingerprint density at radius 2 is 2.25 bits per heavy atom. The van der Waals surface area contributed by atoms with Crippen LogP contribution in [0.5, 0.6) is 0 Å². The van der Waals surface area contributed by atoms with Crippen LogP contribution in [0.25, 0.3) is 0 Å². The predicted molar refractivity (Wildman–Crippen MR) is 49.2 cm³/mol. The van der Waals surface area contributed by atoms with Crippen molar-refractivity contribution in [3.8, 4) is 0 Å². The molecule has 0 radical (unpaired) electrons. The molecule has 0 aliphatic heterocycles. The van der Waals surface area contributed by atoms with E-state index in [1.807, 2.05) is 20.9 Å². The Hall–Kier alpha value is -0.410. The van der Waals surface area contributed by atoms with E-state index in [-0.39, 0.29) is 18.3 Å². The second-order valence-electron chi connectivity index (χ2n) is 2.93. The van der Waals surface area contributed by atoms with Crippen LogP contribution in [0, 0.1) is 5.92 Å². The maximum Gasteiger partial charge on any atom is 0.161 e. The molecule has 0 amide bonds. The molecule has 1 N–H and O–H groups in total. The van der Waals surface area contributed by atoms with E-state index in [4.69, 9.17) is 4.74 Å². The summed E-state index contributed by atoms with van der Waals surface area (Å²) in [6, 6.07) is 0. The largest absolute Gasteiger partial charge is 0.372 e. The molecule has 72 valence electrons. The van der Waals surface area contributed by atoms with Gasteiger partial charge in [-0.05, 0) is 13.5 Å². The van der Waals surface area contributed by atoms with Crippen LogP contribution < -0.4 is 5.32 Å². The number of hydrogen-bond acceptors (Lipinski definition) is 3. The molecule has 0 spiro atoms. The predicted octanol–water partition coefficient (Wildman–Crippen LogP) is 0.838. The molecule has 1 unspecified atom stereocenters. The van der Waals surface area contributed by atoms with Gasteiger partial charge in [0.2, 0.25) is 0 Å². The smallest absolute Gasteiger partial charge is 0.161 e. The van der Waals surface area contributed by atoms with Gasteiger partial charge in [-0.25, -0.2) is 0 Å². The molecule has 0 saturated carbocycles. The number of carbonyl (C=O) groups excluding carboxylic acids is 1. The maximum absolute atomic E-state index is 11.2. The van der Waals surface area contributed by atoms with E-state index in [0.29, 0.717) is 6.61 Å². The average molecular weight is 173 g/mol. The molecule has 0 saturated heterocycles. The van der Waals surface area contributed by atoms with Gasteiger partial charge in [-0.2, -0.15) is 0 Å². The molecule has 3 nitrogen and oxygen atoms in total. The molecule has 0 aromatic carbocycles. The first kappa shape index (κ1) is 11.6. The first-order valence-corrected chi connectivity index (χ1v) is 4.47. The maximum atomic E-state index is 11.2. The molecule has 0 heterocycles. The summed E-state index contributed by atoms with van der Waals surface area (Å²) in [5.74, 6) is 0.341. The molecular formula is C9H19NO2. The van der Waals surface area contributed by atoms with Crippen LogP contribution in [0.15, 0.2) is 0 Å². The van der Waals surface area contributed by atoms with Crippen molar-refractivity contribution in [3.05, 3.63) is 0 Å². The van der Waals surface area contributed by atoms with Gasteiger partial charge in [0.15, 0.2) is 5.78 Å². The second kappa shape index (κ2) is 7.25. The summed E-state index contributed by atoms with van der Waals surface area (Å²) in [4.78, 5) is 11.2. The number of carbonyl (C=O) groups is 1. The molecule has 0 fully saturated rings. The van der Waals surface area contributed by atoms with E-state index in [2.05, 4.69) is 5.32 Å². The summed E-state index contributed by atoms with van der Waals surface area (Å²) in [7, 11) is 1.86. The van der Waals surface area contributed by atoms with Crippen LogP contribution in [0.2, 0.25) is 0 Å². The first-order valence-electron chi connectivity index (χ1n) is 4.47. The van der Waals surface area contributed by atoms with Crippen LogP contribution in [0.1, 0.15) is 20.3 Å². The molecule has 0 aliphatic carbocycles. The monoisotopic (exact) mass is 173 g/mol. The van der Waals surface area contributed by atoms with E-state index < -0.39 is 0 Å². The van der Waals surface area contributed by atoms with Gasteiger partial charge in [0, 0.05) is 12.5 Å². The van der Waals surface area contributed by atoms with Crippen molar-refractivity contribution in [1.82, 2.24) is 5.32 Å². The highest BCUT2D eigenvalue weighted by atomic mass is 16.5. The van der Waals surface area contributed by atoms with Crippen LogP contribution in [0.3, 0.4) is 0 Å². The third kappa shape index (κ3) is 5.27. The molecule has 0 aromatic heterocycles. The van der Waals surface area contributed by atoms with Crippen molar-refractivity contribution in [3.63, 3.8) is 0 Å². The standard InChI is InChI=1S/C9H19NO2/c1-4-8(2)9(11)7-12-6-5-10-3/h8,10H,4-7H2,1-3H3. The fraction of sp³-hybridized carbons (Fsp3) is 0.889. The van der Waals surface area contributed by atoms with Crippen molar-refractivity contribution in [2.24, 2.45) is 5.92 Å². The minimum Gasteiger partial charge on any atom is -0.372 e. The quantitative estimate of drug-likeness (QED) is 0.580. The third-order valence-electron chi connectivity index (χ3n) is 1.90. The van der Waals surface area contributed by atoms with E-state index in [1.165, 1.54) is 0 Å². The van der Waals surface area contributed by atoms with Crippen molar-refractivity contribution in [2.75, 3.05) is 26.8 Å². The van der Waals surface area contributed by atoms with Gasteiger partial charge < -0.3 is 10.1 Å². The van der Waals surface area contributed by atoms with Gasteiger partial charge in [-0.1, -0.05) is 13.8 Å². The fourth-order valence-corrected chi connectivity index (χ4v) is 0.717. The summed E-state index contributed by atoms with van der Waals surface area (Å²) < 4.78 is 5.15. The summed E-state index contributed by atoms with van der Waals surface area (Å²) in [5, 5.41) is 2.95. The number of ketones is 1. The summed E-state index contributed by atoms with van der Waals surface area (Å²) in [6.45, 7) is 5.61. The van der Waals surface area contributed by atoms with Gasteiger partial charge in [0.25, 0.3) is 0 Å². The summed E-state index contributed by atoms with van der Waals surface area (Å²) in [6.07, 6.45) is 0.897. The number of likely N-dealkylation sites (N-methyl/N-ethyl adjacent to an activating group) is 1. The minimum atomic E-state index is 0.139. The number of Topliss-reactive ketones (excluding diaryl/α,β-unsaturated/α-hetero) is 1. The zero-order valence-corrected chi connectivity index (χ0v) is 8.22. The number of hydrogen-bond donors (Lipinski definition) is 1. The van der Waals surface area contributed by atoms with Gasteiger partial charge in [0.05, 0.1) is 6.61 Å². The number of ether oxygens (including phenoxy) is 1. The normalized spacial score (nSPS) is 12.9. The van der Waals surface area contributed by atoms with E-state index >= 15 is 0 Å². The number of nitrogens with one attached hydrogen (secondary N) is 1. The molecule has 0 rings (SSSR count). The molecule has 0 aliphatic rings. The lowest BCUT2D eigenvalue weighted by atomic mass is 10.1. The van der Waals surface area contributed by atoms with Crippen molar-refractivity contribution < 1.29 is 9.53 Å². The lowest BCUT2D eigenvalue weighted by Crippen LogP contribution is -2.20. The molecule has 0 aromatic rings. The summed E-state index contributed by atoms with van der Waals surface area (Å²) in [5.41, 5.74) is 0. The highest BCUT2D eigenvalue weighted by Gasteiger charge is 2.09. The van der Waals surface area contributed by atoms with E-state index in [1.54, 1.807) is 0 Å². The minimum absolute atomic E-state index is 0.139. The number of rotatable bonds is 7. The zero-order valence-electron chi connectivity index (χ0n) is 8.22. The lowest BCUT2D eigenvalue weighted by Gasteiger charge is -2.07. The van der Waals surface area contributed by atoms with E-state index in [9.17, 15) is 4.79 Å². The first-order chi connectivity index (χ1) is 5.72. The Balaban J connectivity index is 3.31. The average Bonchev–Trinajstić information content (AvgIpc) is 2.10. The Bertz CT molecular complexity index is 126. The highest BCUT2D eigenvalue weighted by Crippen LogP contribution is 2.01. The highest BCUT2D eigenvalue weighted by molar-refractivity contribution is 5.81. The lowest BCUT2D eigenvalue weighted by molar-refractivity contribution is -0.127. The van der Waals surface area contributed by atoms with Gasteiger partial charge in [0.1, 0.15) is 6.61 Å². The Morgan fingerprint density at radius 3 is 2.75 bits per heavy atom. The third-order valence-corrected chi connectivity index (χ3v) is 1.90. The molecule has 0 bridgehead atoms. The molecular weight excluding hydrogens is 154 g/mol. The van der Waals surface area contributed by atoms with Crippen molar-refractivity contribution in [1.29, 1.82) is 0 Å². The van der Waals surface area contributed by atoms with Crippen LogP contribution >= 0.6 is 0 Å². The van der Waals surface area contributed by atoms with Crippen molar-refractivity contribution in [2.45, 2.75) is 20.3 Å². The molecule has 1 atom stereocenters. The van der Waals surface area contributed by atoms with Gasteiger partial charge in [-0.3, -0.25) is 4.79 Å². The topological polar surface area (TPSA) is 38.3 Å². The summed E-state index contributed by atoms with van der Waals surface area (Å²) >= 11 is 0. The molecule has 12 heavy (non-hydrogen) atoms. The van der Waals surface area contributed by atoms with Crippen molar-refractivity contribution >= 4 is 5.78 Å². The Morgan fingerprint density at radius 1 is 1.58 bits per heavy atom. The Labute approximate surface area is 74.5 Å².